The minimum atomic E-state index is -0.325. The van der Waals surface area contributed by atoms with E-state index in [1.165, 1.54) is 0 Å². The summed E-state index contributed by atoms with van der Waals surface area (Å²) in [7, 11) is 1.56. The number of pyridine rings is 1. The highest BCUT2D eigenvalue weighted by atomic mass is 16.5. The number of hydrogen-bond acceptors (Lipinski definition) is 4. The number of anilines is 1. The first-order valence-corrected chi connectivity index (χ1v) is 7.73. The molecule has 1 heterocycles. The number of fused-ring (bicyclic) bond motifs is 1. The monoisotopic (exact) mass is 335 g/mol. The zero-order valence-electron chi connectivity index (χ0n) is 13.7. The van der Waals surface area contributed by atoms with Crippen molar-refractivity contribution in [2.24, 2.45) is 0 Å². The van der Waals surface area contributed by atoms with Gasteiger partial charge >= 0.3 is 0 Å². The van der Waals surface area contributed by atoms with Crippen LogP contribution < -0.4 is 15.4 Å². The van der Waals surface area contributed by atoms with Gasteiger partial charge in [0.1, 0.15) is 5.75 Å². The summed E-state index contributed by atoms with van der Waals surface area (Å²) in [5, 5.41) is 6.30. The van der Waals surface area contributed by atoms with Crippen LogP contribution >= 0.6 is 0 Å². The smallest absolute Gasteiger partial charge is 0.251 e. The summed E-state index contributed by atoms with van der Waals surface area (Å²) in [5.74, 6) is 0.0200. The lowest BCUT2D eigenvalue weighted by atomic mass is 10.2. The van der Waals surface area contributed by atoms with Crippen molar-refractivity contribution in [2.45, 2.75) is 0 Å². The Bertz CT molecular complexity index is 902. The minimum absolute atomic E-state index is 0.131. The molecule has 0 unspecified atom stereocenters. The van der Waals surface area contributed by atoms with Gasteiger partial charge in [0.25, 0.3) is 5.91 Å². The third-order valence-corrected chi connectivity index (χ3v) is 3.67. The lowest BCUT2D eigenvalue weighted by molar-refractivity contribution is -0.115. The van der Waals surface area contributed by atoms with Gasteiger partial charge in [-0.2, -0.15) is 0 Å². The molecule has 0 radical (unpaired) electrons. The van der Waals surface area contributed by atoms with Crippen LogP contribution in [-0.2, 0) is 4.79 Å². The van der Waals surface area contributed by atoms with Crippen LogP contribution in [0.15, 0.2) is 60.8 Å². The molecule has 3 aromatic rings. The third kappa shape index (κ3) is 3.92. The molecule has 2 amide bonds. The topological polar surface area (TPSA) is 80.3 Å². The lowest BCUT2D eigenvalue weighted by Gasteiger charge is -2.09. The van der Waals surface area contributed by atoms with Crippen LogP contribution in [0, 0.1) is 0 Å². The van der Waals surface area contributed by atoms with E-state index >= 15 is 0 Å². The van der Waals surface area contributed by atoms with Crippen molar-refractivity contribution in [1.29, 1.82) is 0 Å². The molecule has 25 heavy (non-hydrogen) atoms. The van der Waals surface area contributed by atoms with E-state index in [1.54, 1.807) is 43.6 Å². The normalized spacial score (nSPS) is 10.3. The van der Waals surface area contributed by atoms with E-state index in [2.05, 4.69) is 15.6 Å². The van der Waals surface area contributed by atoms with Crippen molar-refractivity contribution < 1.29 is 14.3 Å². The fourth-order valence-corrected chi connectivity index (χ4v) is 2.40. The summed E-state index contributed by atoms with van der Waals surface area (Å²) in [5.41, 5.74) is 1.78. The molecule has 0 aliphatic carbocycles. The molecule has 0 bridgehead atoms. The Balaban J connectivity index is 1.61. The molecule has 3 rings (SSSR count). The van der Waals surface area contributed by atoms with E-state index in [0.717, 1.165) is 5.39 Å². The number of methoxy groups -OCH3 is 1. The quantitative estimate of drug-likeness (QED) is 0.751. The van der Waals surface area contributed by atoms with Gasteiger partial charge < -0.3 is 15.4 Å². The van der Waals surface area contributed by atoms with Crippen molar-refractivity contribution in [1.82, 2.24) is 10.3 Å². The number of rotatable bonds is 5. The van der Waals surface area contributed by atoms with Crippen molar-refractivity contribution in [3.8, 4) is 5.75 Å². The maximum absolute atomic E-state index is 12.1. The molecule has 1 aromatic heterocycles. The van der Waals surface area contributed by atoms with E-state index in [4.69, 9.17) is 4.74 Å². The fourth-order valence-electron chi connectivity index (χ4n) is 2.40. The van der Waals surface area contributed by atoms with Gasteiger partial charge in [-0.3, -0.25) is 14.6 Å². The lowest BCUT2D eigenvalue weighted by Crippen LogP contribution is -2.32. The second kappa shape index (κ2) is 7.44. The summed E-state index contributed by atoms with van der Waals surface area (Å²) >= 11 is 0. The maximum atomic E-state index is 12.1. The number of para-hydroxylation sites is 1. The Labute approximate surface area is 144 Å². The van der Waals surface area contributed by atoms with E-state index in [0.29, 0.717) is 22.5 Å². The average Bonchev–Trinajstić information content (AvgIpc) is 2.66. The Morgan fingerprint density at radius 1 is 1.04 bits per heavy atom. The second-order valence-corrected chi connectivity index (χ2v) is 5.34. The van der Waals surface area contributed by atoms with Crippen molar-refractivity contribution in [3.05, 3.63) is 66.4 Å². The van der Waals surface area contributed by atoms with Crippen molar-refractivity contribution in [2.75, 3.05) is 19.0 Å². The number of ether oxygens (including phenoxy) is 1. The molecule has 2 N–H and O–H groups in total. The molecule has 6 heteroatoms. The summed E-state index contributed by atoms with van der Waals surface area (Å²) < 4.78 is 5.05. The molecule has 0 atom stereocenters. The fraction of sp³-hybridized carbons (Fsp3) is 0.105. The first-order chi connectivity index (χ1) is 12.2. The molecule has 0 fully saturated rings. The summed E-state index contributed by atoms with van der Waals surface area (Å²) in [4.78, 5) is 28.5. The van der Waals surface area contributed by atoms with Gasteiger partial charge in [-0.05, 0) is 36.4 Å². The van der Waals surface area contributed by atoms with Crippen LogP contribution in [0.4, 0.5) is 5.69 Å². The molecular weight excluding hydrogens is 318 g/mol. The van der Waals surface area contributed by atoms with Crippen LogP contribution in [0.25, 0.3) is 10.9 Å². The number of benzene rings is 2. The number of nitrogens with zero attached hydrogens (tertiary/aromatic N) is 1. The van der Waals surface area contributed by atoms with Gasteiger partial charge in [0.2, 0.25) is 5.91 Å². The summed E-state index contributed by atoms with van der Waals surface area (Å²) in [6, 6.07) is 16.0. The summed E-state index contributed by atoms with van der Waals surface area (Å²) in [6.07, 6.45) is 1.67. The number of nitrogens with one attached hydrogen (secondary N) is 2. The SMILES string of the molecule is COc1ccc(C(=O)NCC(=O)Nc2cccc3cccnc23)cc1. The molecule has 2 aromatic carbocycles. The van der Waals surface area contributed by atoms with Gasteiger partial charge in [0.05, 0.1) is 24.9 Å². The number of carbonyl (C=O) groups excluding carboxylic acids is 2. The van der Waals surface area contributed by atoms with E-state index in [-0.39, 0.29) is 18.4 Å². The van der Waals surface area contributed by atoms with E-state index < -0.39 is 0 Å². The Kier molecular flexibility index (Phi) is 4.89. The minimum Gasteiger partial charge on any atom is -0.497 e. The highest BCUT2D eigenvalue weighted by molar-refractivity contribution is 6.03. The molecular formula is C19H17N3O3. The molecule has 0 aliphatic rings. The highest BCUT2D eigenvalue weighted by Gasteiger charge is 2.10. The highest BCUT2D eigenvalue weighted by Crippen LogP contribution is 2.20. The Hall–Kier alpha value is -3.41. The van der Waals surface area contributed by atoms with Gasteiger partial charge in [-0.25, -0.2) is 0 Å². The molecule has 126 valence electrons. The van der Waals surface area contributed by atoms with Gasteiger partial charge in [0, 0.05) is 17.1 Å². The standard InChI is InChI=1S/C19H17N3O3/c1-25-15-9-7-14(8-10-15)19(24)21-12-17(23)22-16-6-2-4-13-5-3-11-20-18(13)16/h2-11H,12H2,1H3,(H,21,24)(H,22,23). The predicted molar refractivity (Wildman–Crippen MR) is 95.7 cm³/mol. The average molecular weight is 335 g/mol. The third-order valence-electron chi connectivity index (χ3n) is 3.67. The number of carbonyl (C=O) groups is 2. The molecule has 0 saturated carbocycles. The number of aromatic nitrogens is 1. The van der Waals surface area contributed by atoms with Crippen LogP contribution in [-0.4, -0.2) is 30.5 Å². The van der Waals surface area contributed by atoms with Crippen LogP contribution in [0.3, 0.4) is 0 Å². The largest absolute Gasteiger partial charge is 0.497 e. The summed E-state index contributed by atoms with van der Waals surface area (Å²) in [6.45, 7) is -0.131. The van der Waals surface area contributed by atoms with Crippen LogP contribution in [0.1, 0.15) is 10.4 Å². The van der Waals surface area contributed by atoms with E-state index in [1.807, 2.05) is 24.3 Å². The van der Waals surface area contributed by atoms with E-state index in [9.17, 15) is 9.59 Å². The zero-order chi connectivity index (χ0) is 17.6. The molecule has 0 spiro atoms. The molecule has 0 saturated heterocycles. The number of hydrogen-bond donors (Lipinski definition) is 2. The zero-order valence-corrected chi connectivity index (χ0v) is 13.7. The number of amides is 2. The Morgan fingerprint density at radius 3 is 2.56 bits per heavy atom. The Morgan fingerprint density at radius 2 is 1.80 bits per heavy atom. The van der Waals surface area contributed by atoms with Crippen molar-refractivity contribution >= 4 is 28.4 Å². The van der Waals surface area contributed by atoms with Crippen molar-refractivity contribution in [3.63, 3.8) is 0 Å². The van der Waals surface area contributed by atoms with Gasteiger partial charge in [-0.15, -0.1) is 0 Å². The van der Waals surface area contributed by atoms with Crippen LogP contribution in [0.2, 0.25) is 0 Å². The first kappa shape index (κ1) is 16.4. The molecule has 6 nitrogen and oxygen atoms in total. The predicted octanol–water partition coefficient (Wildman–Crippen LogP) is 2.61. The van der Waals surface area contributed by atoms with Crippen LogP contribution in [0.5, 0.6) is 5.75 Å². The van der Waals surface area contributed by atoms with Gasteiger partial charge in [-0.1, -0.05) is 18.2 Å². The van der Waals surface area contributed by atoms with Gasteiger partial charge in [0.15, 0.2) is 0 Å². The maximum Gasteiger partial charge on any atom is 0.251 e. The first-order valence-electron chi connectivity index (χ1n) is 7.73. The molecule has 0 aliphatic heterocycles. The second-order valence-electron chi connectivity index (χ2n) is 5.34.